The summed E-state index contributed by atoms with van der Waals surface area (Å²) < 4.78 is 7.16. The largest absolute Gasteiger partial charge is 0.381 e. The van der Waals surface area contributed by atoms with Crippen LogP contribution in [0, 0.1) is 0 Å². The molecule has 1 saturated heterocycles. The van der Waals surface area contributed by atoms with Crippen LogP contribution in [0.15, 0.2) is 30.6 Å². The Morgan fingerprint density at radius 2 is 2.16 bits per heavy atom. The minimum atomic E-state index is 0.445. The fraction of sp³-hybridized carbons (Fsp3) is 0.462. The maximum Gasteiger partial charge on any atom is 0.143 e. The van der Waals surface area contributed by atoms with E-state index in [4.69, 9.17) is 4.74 Å². The summed E-state index contributed by atoms with van der Waals surface area (Å²) in [6, 6.07) is 8.51. The number of hydrogen-bond acceptors (Lipinski definition) is 5. The van der Waals surface area contributed by atoms with Crippen molar-refractivity contribution in [2.75, 3.05) is 18.5 Å². The molecule has 0 amide bonds. The molecule has 1 aliphatic heterocycles. The molecular formula is C13H17N5O. The summed E-state index contributed by atoms with van der Waals surface area (Å²) >= 11 is 0. The Morgan fingerprint density at radius 1 is 1.21 bits per heavy atom. The highest BCUT2D eigenvalue weighted by atomic mass is 16.5. The molecule has 1 aromatic carbocycles. The highest BCUT2D eigenvalue weighted by Gasteiger charge is 2.14. The van der Waals surface area contributed by atoms with Gasteiger partial charge in [0.1, 0.15) is 6.33 Å². The van der Waals surface area contributed by atoms with E-state index in [0.717, 1.165) is 43.9 Å². The summed E-state index contributed by atoms with van der Waals surface area (Å²) in [7, 11) is 0. The maximum atomic E-state index is 5.49. The van der Waals surface area contributed by atoms with Crippen LogP contribution >= 0.6 is 0 Å². The molecule has 1 aliphatic rings. The summed E-state index contributed by atoms with van der Waals surface area (Å²) in [5.41, 5.74) is 2.03. The lowest BCUT2D eigenvalue weighted by atomic mass is 10.1. The van der Waals surface area contributed by atoms with E-state index >= 15 is 0 Å². The number of hydrogen-bond donors (Lipinski definition) is 1. The van der Waals surface area contributed by atoms with Crippen LogP contribution in [0.5, 0.6) is 0 Å². The molecule has 2 aromatic rings. The van der Waals surface area contributed by atoms with Gasteiger partial charge in [0, 0.05) is 19.3 Å². The molecule has 1 fully saturated rings. The highest BCUT2D eigenvalue weighted by Crippen LogP contribution is 2.22. The van der Waals surface area contributed by atoms with Crippen molar-refractivity contribution in [1.29, 1.82) is 0 Å². The molecular weight excluding hydrogens is 242 g/mol. The molecule has 0 saturated carbocycles. The number of nitrogens with zero attached hydrogens (tertiary/aromatic N) is 4. The van der Waals surface area contributed by atoms with Crippen molar-refractivity contribution in [3.05, 3.63) is 30.6 Å². The van der Waals surface area contributed by atoms with Gasteiger partial charge in [-0.15, -0.1) is 5.10 Å². The number of rotatable bonds is 3. The molecule has 1 unspecified atom stereocenters. The van der Waals surface area contributed by atoms with Crippen molar-refractivity contribution in [3.8, 4) is 5.69 Å². The number of benzene rings is 1. The smallest absolute Gasteiger partial charge is 0.143 e. The van der Waals surface area contributed by atoms with Crippen LogP contribution in [0.4, 0.5) is 5.69 Å². The Kier molecular flexibility index (Phi) is 3.69. The molecule has 100 valence electrons. The Hall–Kier alpha value is -1.95. The van der Waals surface area contributed by atoms with Gasteiger partial charge in [0.05, 0.1) is 11.4 Å². The molecule has 0 aliphatic carbocycles. The van der Waals surface area contributed by atoms with Gasteiger partial charge in [-0.2, -0.15) is 4.68 Å². The first-order valence-electron chi connectivity index (χ1n) is 6.60. The van der Waals surface area contributed by atoms with Crippen molar-refractivity contribution >= 4 is 5.69 Å². The van der Waals surface area contributed by atoms with Gasteiger partial charge < -0.3 is 10.1 Å². The summed E-state index contributed by atoms with van der Waals surface area (Å²) in [5.74, 6) is 0. The van der Waals surface area contributed by atoms with Crippen LogP contribution in [0.3, 0.4) is 0 Å². The lowest BCUT2D eigenvalue weighted by molar-refractivity contribution is 0.144. The molecule has 6 nitrogen and oxygen atoms in total. The molecule has 1 N–H and O–H groups in total. The second-order valence-electron chi connectivity index (χ2n) is 4.66. The Morgan fingerprint density at radius 3 is 3.05 bits per heavy atom. The molecule has 0 radical (unpaired) electrons. The van der Waals surface area contributed by atoms with Gasteiger partial charge in [-0.25, -0.2) is 0 Å². The van der Waals surface area contributed by atoms with E-state index in [-0.39, 0.29) is 0 Å². The molecule has 19 heavy (non-hydrogen) atoms. The quantitative estimate of drug-likeness (QED) is 0.907. The van der Waals surface area contributed by atoms with E-state index in [2.05, 4.69) is 26.9 Å². The van der Waals surface area contributed by atoms with Gasteiger partial charge in [0.15, 0.2) is 0 Å². The van der Waals surface area contributed by atoms with Crippen LogP contribution in [0.25, 0.3) is 5.69 Å². The zero-order chi connectivity index (χ0) is 12.9. The molecule has 3 rings (SSSR count). The number of anilines is 1. The molecule has 0 bridgehead atoms. The van der Waals surface area contributed by atoms with Gasteiger partial charge in [-0.05, 0) is 41.8 Å². The number of tetrazole rings is 1. The first-order chi connectivity index (χ1) is 9.43. The van der Waals surface area contributed by atoms with E-state index in [0.29, 0.717) is 6.04 Å². The van der Waals surface area contributed by atoms with Crippen molar-refractivity contribution < 1.29 is 4.74 Å². The van der Waals surface area contributed by atoms with E-state index < -0.39 is 0 Å². The second kappa shape index (κ2) is 5.79. The first-order valence-corrected chi connectivity index (χ1v) is 6.60. The zero-order valence-corrected chi connectivity index (χ0v) is 10.7. The lowest BCUT2D eigenvalue weighted by Crippen LogP contribution is -2.20. The zero-order valence-electron chi connectivity index (χ0n) is 10.7. The molecule has 6 heteroatoms. The Bertz CT molecular complexity index is 506. The van der Waals surface area contributed by atoms with E-state index in [1.54, 1.807) is 11.0 Å². The van der Waals surface area contributed by atoms with Gasteiger partial charge in [0.2, 0.25) is 0 Å². The van der Waals surface area contributed by atoms with Gasteiger partial charge in [-0.1, -0.05) is 12.1 Å². The van der Waals surface area contributed by atoms with Crippen LogP contribution in [-0.4, -0.2) is 39.5 Å². The highest BCUT2D eigenvalue weighted by molar-refractivity contribution is 5.60. The minimum Gasteiger partial charge on any atom is -0.381 e. The first kappa shape index (κ1) is 12.1. The fourth-order valence-electron chi connectivity index (χ4n) is 2.34. The van der Waals surface area contributed by atoms with Crippen LogP contribution < -0.4 is 5.32 Å². The summed E-state index contributed by atoms with van der Waals surface area (Å²) in [6.07, 6.45) is 4.87. The third-order valence-electron chi connectivity index (χ3n) is 3.31. The summed E-state index contributed by atoms with van der Waals surface area (Å²) in [4.78, 5) is 0. The number of para-hydroxylation sites is 2. The average Bonchev–Trinajstić information content (AvgIpc) is 2.85. The minimum absolute atomic E-state index is 0.445. The van der Waals surface area contributed by atoms with E-state index in [1.807, 2.05) is 18.2 Å². The normalized spacial score (nSPS) is 19.9. The SMILES string of the molecule is c1ccc(-n2cnnn2)c(NC2CCCOCC2)c1. The van der Waals surface area contributed by atoms with Gasteiger partial charge >= 0.3 is 0 Å². The van der Waals surface area contributed by atoms with Crippen LogP contribution in [-0.2, 0) is 4.74 Å². The summed E-state index contributed by atoms with van der Waals surface area (Å²) in [6.45, 7) is 1.69. The van der Waals surface area contributed by atoms with E-state index in [9.17, 15) is 0 Å². The molecule has 1 aromatic heterocycles. The summed E-state index contributed by atoms with van der Waals surface area (Å²) in [5, 5.41) is 14.9. The second-order valence-corrected chi connectivity index (χ2v) is 4.66. The lowest BCUT2D eigenvalue weighted by Gasteiger charge is -2.19. The van der Waals surface area contributed by atoms with Gasteiger partial charge in [-0.3, -0.25) is 0 Å². The molecule has 1 atom stereocenters. The average molecular weight is 259 g/mol. The third kappa shape index (κ3) is 2.90. The topological polar surface area (TPSA) is 64.9 Å². The monoisotopic (exact) mass is 259 g/mol. The number of nitrogens with one attached hydrogen (secondary N) is 1. The molecule has 2 heterocycles. The standard InChI is InChI=1S/C13H17N5O/c1-2-6-13(18-10-14-16-17-18)12(5-1)15-11-4-3-8-19-9-7-11/h1-2,5-6,10-11,15H,3-4,7-9H2. The maximum absolute atomic E-state index is 5.49. The molecule has 0 spiro atoms. The van der Waals surface area contributed by atoms with Crippen molar-refractivity contribution in [1.82, 2.24) is 20.2 Å². The Labute approximate surface area is 111 Å². The fourth-order valence-corrected chi connectivity index (χ4v) is 2.34. The number of ether oxygens (including phenoxy) is 1. The van der Waals surface area contributed by atoms with Crippen LogP contribution in [0.1, 0.15) is 19.3 Å². The predicted octanol–water partition coefficient (Wildman–Crippen LogP) is 1.64. The predicted molar refractivity (Wildman–Crippen MR) is 71.2 cm³/mol. The van der Waals surface area contributed by atoms with Crippen LogP contribution in [0.2, 0.25) is 0 Å². The van der Waals surface area contributed by atoms with E-state index in [1.165, 1.54) is 0 Å². The van der Waals surface area contributed by atoms with Gasteiger partial charge in [0.25, 0.3) is 0 Å². The van der Waals surface area contributed by atoms with Crippen molar-refractivity contribution in [3.63, 3.8) is 0 Å². The Balaban J connectivity index is 1.80. The third-order valence-corrected chi connectivity index (χ3v) is 3.31. The number of aromatic nitrogens is 4. The van der Waals surface area contributed by atoms with Crippen molar-refractivity contribution in [2.45, 2.75) is 25.3 Å². The van der Waals surface area contributed by atoms with Crippen molar-refractivity contribution in [2.24, 2.45) is 0 Å².